The third-order valence-corrected chi connectivity index (χ3v) is 7.87. The zero-order valence-corrected chi connectivity index (χ0v) is 20.8. The predicted molar refractivity (Wildman–Crippen MR) is 139 cm³/mol. The van der Waals surface area contributed by atoms with E-state index in [0.29, 0.717) is 23.1 Å². The summed E-state index contributed by atoms with van der Waals surface area (Å²) in [6, 6.07) is 8.15. The summed E-state index contributed by atoms with van der Waals surface area (Å²) in [7, 11) is 0. The van der Waals surface area contributed by atoms with Crippen molar-refractivity contribution in [3.05, 3.63) is 59.7 Å². The van der Waals surface area contributed by atoms with E-state index in [1.807, 2.05) is 59.7 Å². The first-order valence-corrected chi connectivity index (χ1v) is 13.6. The van der Waals surface area contributed by atoms with Crippen LogP contribution >= 0.6 is 11.8 Å². The van der Waals surface area contributed by atoms with Crippen LogP contribution in [0.3, 0.4) is 0 Å². The molecule has 3 aromatic rings. The highest BCUT2D eigenvalue weighted by Crippen LogP contribution is 2.24. The Labute approximate surface area is 209 Å². The molecule has 0 unspecified atom stereocenters. The molecule has 3 N–H and O–H groups in total. The number of amides is 2. The second-order valence-corrected chi connectivity index (χ2v) is 10.8. The third kappa shape index (κ3) is 5.78. The van der Waals surface area contributed by atoms with E-state index in [4.69, 9.17) is 0 Å². The molecule has 4 heterocycles. The van der Waals surface area contributed by atoms with Gasteiger partial charge in [-0.3, -0.25) is 9.59 Å². The van der Waals surface area contributed by atoms with Gasteiger partial charge in [-0.05, 0) is 80.7 Å². The Bertz CT molecular complexity index is 1160. The molecule has 35 heavy (non-hydrogen) atoms. The highest BCUT2D eigenvalue weighted by molar-refractivity contribution is 7.99. The van der Waals surface area contributed by atoms with Gasteiger partial charge in [0, 0.05) is 36.7 Å². The monoisotopic (exact) mass is 492 g/mol. The Kier molecular flexibility index (Phi) is 7.22. The molecule has 1 aliphatic carbocycles. The SMILES string of the molecule is Cc1cnc(NC2CCSCC2)c(C(=O)N[C@H]2CC[C@@H](NC(=O)c3cn4ccccc4n3)CC2)c1. The molecule has 5 rings (SSSR count). The van der Waals surface area contributed by atoms with Crippen LogP contribution in [0.1, 0.15) is 64.9 Å². The summed E-state index contributed by atoms with van der Waals surface area (Å²) in [5, 5.41) is 9.83. The fourth-order valence-electron chi connectivity index (χ4n) is 4.84. The standard InChI is InChI=1S/C26H32N6O2S/c1-17-14-21(24(27-15-17)28-20-9-12-35-13-10-20)25(33)29-18-5-7-19(8-6-18)30-26(34)22-16-32-11-3-2-4-23(32)31-22/h2-4,11,14-16,18-20H,5-10,12-13H2,1H3,(H,27,28)(H,29,33)(H,30,34)/t18-,19+. The minimum Gasteiger partial charge on any atom is -0.367 e. The zero-order valence-electron chi connectivity index (χ0n) is 20.0. The van der Waals surface area contributed by atoms with Gasteiger partial charge in [0.2, 0.25) is 0 Å². The van der Waals surface area contributed by atoms with Crippen LogP contribution in [0.5, 0.6) is 0 Å². The lowest BCUT2D eigenvalue weighted by Crippen LogP contribution is -2.44. The average molecular weight is 493 g/mol. The molecule has 0 radical (unpaired) electrons. The lowest BCUT2D eigenvalue weighted by Gasteiger charge is -2.30. The first-order chi connectivity index (χ1) is 17.0. The number of carbonyl (C=O) groups is 2. The van der Waals surface area contributed by atoms with Gasteiger partial charge in [-0.2, -0.15) is 11.8 Å². The molecule has 1 saturated heterocycles. The van der Waals surface area contributed by atoms with Crippen molar-refractivity contribution < 1.29 is 9.59 Å². The normalized spacial score (nSPS) is 20.9. The van der Waals surface area contributed by atoms with E-state index >= 15 is 0 Å². The number of nitrogens with one attached hydrogen (secondary N) is 3. The van der Waals surface area contributed by atoms with Crippen molar-refractivity contribution in [1.82, 2.24) is 25.0 Å². The minimum absolute atomic E-state index is 0.0777. The Morgan fingerprint density at radius 3 is 2.40 bits per heavy atom. The number of fused-ring (bicyclic) bond motifs is 1. The van der Waals surface area contributed by atoms with Gasteiger partial charge < -0.3 is 20.4 Å². The summed E-state index contributed by atoms with van der Waals surface area (Å²) in [6.45, 7) is 1.96. The number of rotatable bonds is 6. The Hall–Kier alpha value is -3.07. The largest absolute Gasteiger partial charge is 0.367 e. The molecular weight excluding hydrogens is 460 g/mol. The second-order valence-electron chi connectivity index (χ2n) is 9.53. The summed E-state index contributed by atoms with van der Waals surface area (Å²) < 4.78 is 1.85. The highest BCUT2D eigenvalue weighted by Gasteiger charge is 2.26. The molecule has 2 amide bonds. The van der Waals surface area contributed by atoms with E-state index in [9.17, 15) is 9.59 Å². The molecule has 1 saturated carbocycles. The van der Waals surface area contributed by atoms with E-state index in [1.165, 1.54) is 0 Å². The van der Waals surface area contributed by atoms with E-state index in [2.05, 4.69) is 25.9 Å². The molecular formula is C26H32N6O2S. The topological polar surface area (TPSA) is 100 Å². The maximum atomic E-state index is 13.2. The number of hydrogen-bond donors (Lipinski definition) is 3. The summed E-state index contributed by atoms with van der Waals surface area (Å²) in [5.74, 6) is 2.73. The van der Waals surface area contributed by atoms with Crippen molar-refractivity contribution in [2.75, 3.05) is 16.8 Å². The van der Waals surface area contributed by atoms with E-state index in [1.54, 1.807) is 6.20 Å². The van der Waals surface area contributed by atoms with Gasteiger partial charge in [0.05, 0.1) is 5.56 Å². The molecule has 184 valence electrons. The van der Waals surface area contributed by atoms with E-state index in [-0.39, 0.29) is 23.9 Å². The number of hydrogen-bond acceptors (Lipinski definition) is 6. The molecule has 0 bridgehead atoms. The van der Waals surface area contributed by atoms with Crippen molar-refractivity contribution in [3.8, 4) is 0 Å². The van der Waals surface area contributed by atoms with Gasteiger partial charge in [0.1, 0.15) is 17.2 Å². The molecule has 0 aromatic carbocycles. The Morgan fingerprint density at radius 1 is 0.971 bits per heavy atom. The van der Waals surface area contributed by atoms with Crippen molar-refractivity contribution in [1.29, 1.82) is 0 Å². The molecule has 0 spiro atoms. The first-order valence-electron chi connectivity index (χ1n) is 12.4. The van der Waals surface area contributed by atoms with Crippen molar-refractivity contribution >= 4 is 35.0 Å². The molecule has 8 nitrogen and oxygen atoms in total. The number of aryl methyl sites for hydroxylation is 1. The molecule has 3 aromatic heterocycles. The van der Waals surface area contributed by atoms with Crippen LogP contribution in [0, 0.1) is 6.92 Å². The number of anilines is 1. The molecule has 2 fully saturated rings. The van der Waals surface area contributed by atoms with Crippen LogP contribution in [0.25, 0.3) is 5.65 Å². The number of pyridine rings is 2. The first kappa shape index (κ1) is 23.7. The third-order valence-electron chi connectivity index (χ3n) is 6.83. The van der Waals surface area contributed by atoms with Crippen molar-refractivity contribution in [2.45, 2.75) is 63.6 Å². The average Bonchev–Trinajstić information content (AvgIpc) is 3.32. The fraction of sp³-hybridized carbons (Fsp3) is 0.462. The number of imidazole rings is 1. The molecule has 0 atom stereocenters. The number of aromatic nitrogens is 3. The van der Waals surface area contributed by atoms with E-state index < -0.39 is 0 Å². The van der Waals surface area contributed by atoms with Crippen LogP contribution in [0.2, 0.25) is 0 Å². The lowest BCUT2D eigenvalue weighted by molar-refractivity contribution is 0.0890. The van der Waals surface area contributed by atoms with Crippen molar-refractivity contribution in [3.63, 3.8) is 0 Å². The van der Waals surface area contributed by atoms with E-state index in [0.717, 1.165) is 61.2 Å². The van der Waals surface area contributed by atoms with Gasteiger partial charge in [-0.25, -0.2) is 9.97 Å². The van der Waals surface area contributed by atoms with Gasteiger partial charge in [0.25, 0.3) is 11.8 Å². The molecule has 9 heteroatoms. The molecule has 1 aliphatic heterocycles. The quantitative estimate of drug-likeness (QED) is 0.484. The predicted octanol–water partition coefficient (Wildman–Crippen LogP) is 3.82. The fourth-order valence-corrected chi connectivity index (χ4v) is 5.95. The van der Waals surface area contributed by atoms with Gasteiger partial charge in [-0.1, -0.05) is 6.07 Å². The number of thioether (sulfide) groups is 1. The van der Waals surface area contributed by atoms with Crippen LogP contribution < -0.4 is 16.0 Å². The maximum Gasteiger partial charge on any atom is 0.271 e. The van der Waals surface area contributed by atoms with Crippen LogP contribution in [0.15, 0.2) is 42.9 Å². The van der Waals surface area contributed by atoms with Gasteiger partial charge >= 0.3 is 0 Å². The Morgan fingerprint density at radius 2 is 1.69 bits per heavy atom. The van der Waals surface area contributed by atoms with Gasteiger partial charge in [-0.15, -0.1) is 0 Å². The van der Waals surface area contributed by atoms with Crippen LogP contribution in [-0.4, -0.2) is 55.8 Å². The lowest BCUT2D eigenvalue weighted by atomic mass is 9.91. The highest BCUT2D eigenvalue weighted by atomic mass is 32.2. The van der Waals surface area contributed by atoms with Gasteiger partial charge in [0.15, 0.2) is 0 Å². The summed E-state index contributed by atoms with van der Waals surface area (Å²) in [5.41, 5.74) is 2.77. The number of nitrogens with zero attached hydrogens (tertiary/aromatic N) is 3. The van der Waals surface area contributed by atoms with Crippen molar-refractivity contribution in [2.24, 2.45) is 0 Å². The summed E-state index contributed by atoms with van der Waals surface area (Å²) in [6.07, 6.45) is 10.9. The zero-order chi connectivity index (χ0) is 24.2. The van der Waals surface area contributed by atoms with Crippen LogP contribution in [-0.2, 0) is 0 Å². The Balaban J connectivity index is 1.15. The minimum atomic E-state index is -0.149. The van der Waals surface area contributed by atoms with Crippen LogP contribution in [0.4, 0.5) is 5.82 Å². The maximum absolute atomic E-state index is 13.2. The summed E-state index contributed by atoms with van der Waals surface area (Å²) in [4.78, 5) is 34.8. The number of carbonyl (C=O) groups excluding carboxylic acids is 2. The second kappa shape index (κ2) is 10.7. The summed E-state index contributed by atoms with van der Waals surface area (Å²) >= 11 is 1.98. The molecule has 2 aliphatic rings. The smallest absolute Gasteiger partial charge is 0.271 e.